The Morgan fingerprint density at radius 3 is 2.39 bits per heavy atom. The van der Waals surface area contributed by atoms with Crippen LogP contribution in [0.25, 0.3) is 0 Å². The van der Waals surface area contributed by atoms with Crippen molar-refractivity contribution in [1.82, 2.24) is 9.62 Å². The fourth-order valence-corrected chi connectivity index (χ4v) is 5.82. The number of likely N-dealkylation sites (tertiary alicyclic amines) is 1. The van der Waals surface area contributed by atoms with Gasteiger partial charge in [0.1, 0.15) is 0 Å². The number of amides is 1. The van der Waals surface area contributed by atoms with E-state index < -0.39 is 10.0 Å². The van der Waals surface area contributed by atoms with Crippen LogP contribution in [0.15, 0.2) is 59.5 Å². The number of sulfonamides is 1. The summed E-state index contributed by atoms with van der Waals surface area (Å²) < 4.78 is 27.2. The van der Waals surface area contributed by atoms with E-state index in [1.807, 2.05) is 11.0 Å². The zero-order valence-electron chi connectivity index (χ0n) is 15.7. The summed E-state index contributed by atoms with van der Waals surface area (Å²) in [6.45, 7) is 1.52. The van der Waals surface area contributed by atoms with Crippen molar-refractivity contribution in [3.8, 4) is 0 Å². The number of benzene rings is 2. The molecule has 6 heteroatoms. The lowest BCUT2D eigenvalue weighted by Gasteiger charge is -2.32. The van der Waals surface area contributed by atoms with Crippen LogP contribution in [0.1, 0.15) is 41.6 Å². The lowest BCUT2D eigenvalue weighted by atomic mass is 9.87. The first-order valence-corrected chi connectivity index (χ1v) is 11.4. The minimum atomic E-state index is -3.48. The van der Waals surface area contributed by atoms with Crippen molar-refractivity contribution < 1.29 is 13.2 Å². The van der Waals surface area contributed by atoms with Gasteiger partial charge in [0.15, 0.2) is 0 Å². The number of carbonyl (C=O) groups is 1. The Kier molecular flexibility index (Phi) is 4.10. The molecule has 1 N–H and O–H groups in total. The summed E-state index contributed by atoms with van der Waals surface area (Å²) in [6.07, 6.45) is 3.93. The minimum absolute atomic E-state index is 0.00679. The topological polar surface area (TPSA) is 66.5 Å². The molecule has 0 radical (unpaired) electrons. The first kappa shape index (κ1) is 17.9. The van der Waals surface area contributed by atoms with Gasteiger partial charge in [0.25, 0.3) is 5.91 Å². The van der Waals surface area contributed by atoms with Crippen molar-refractivity contribution in [2.75, 3.05) is 13.1 Å². The third-order valence-corrected chi connectivity index (χ3v) is 7.98. The van der Waals surface area contributed by atoms with Crippen LogP contribution in [0.5, 0.6) is 0 Å². The van der Waals surface area contributed by atoms with E-state index in [0.29, 0.717) is 11.5 Å². The van der Waals surface area contributed by atoms with E-state index in [9.17, 15) is 13.2 Å². The lowest BCUT2D eigenvalue weighted by Crippen LogP contribution is -2.40. The highest BCUT2D eigenvalue weighted by Gasteiger charge is 2.57. The second kappa shape index (κ2) is 6.42. The Labute approximate surface area is 165 Å². The van der Waals surface area contributed by atoms with Gasteiger partial charge in [0.2, 0.25) is 10.0 Å². The quantitative estimate of drug-likeness (QED) is 0.845. The molecule has 2 saturated carbocycles. The van der Waals surface area contributed by atoms with E-state index in [2.05, 4.69) is 29.0 Å². The molecule has 0 bridgehead atoms. The molecule has 1 aliphatic heterocycles. The molecule has 0 spiro atoms. The van der Waals surface area contributed by atoms with Gasteiger partial charge in [-0.2, -0.15) is 0 Å². The van der Waals surface area contributed by atoms with Gasteiger partial charge in [-0.3, -0.25) is 4.79 Å². The van der Waals surface area contributed by atoms with Gasteiger partial charge in [0, 0.05) is 30.1 Å². The SMILES string of the molecule is O=C(c1ccc(S(=O)(=O)NC2CC2)cc1)N1CCC2(c3ccccc3)CC2C1. The lowest BCUT2D eigenvalue weighted by molar-refractivity contribution is 0.0707. The standard InChI is InChI=1S/C22H24N2O3S/c25-21(16-6-10-20(11-7-16)28(26,27)23-19-8-9-19)24-13-12-22(14-18(22)15-24)17-4-2-1-3-5-17/h1-7,10-11,18-19,23H,8-9,12-15H2. The number of hydrogen-bond acceptors (Lipinski definition) is 3. The molecule has 2 atom stereocenters. The molecular weight excluding hydrogens is 372 g/mol. The number of nitrogens with one attached hydrogen (secondary N) is 1. The second-order valence-corrected chi connectivity index (χ2v) is 10.1. The fourth-order valence-electron chi connectivity index (χ4n) is 4.52. The molecule has 2 aromatic rings. The van der Waals surface area contributed by atoms with E-state index in [0.717, 1.165) is 38.8 Å². The summed E-state index contributed by atoms with van der Waals surface area (Å²) in [5, 5.41) is 0. The third-order valence-electron chi connectivity index (χ3n) is 6.45. The van der Waals surface area contributed by atoms with Crippen LogP contribution in [-0.2, 0) is 15.4 Å². The molecule has 3 fully saturated rings. The molecule has 1 saturated heterocycles. The predicted octanol–water partition coefficient (Wildman–Crippen LogP) is 2.93. The van der Waals surface area contributed by atoms with Crippen LogP contribution in [0.3, 0.4) is 0 Å². The largest absolute Gasteiger partial charge is 0.338 e. The van der Waals surface area contributed by atoms with Crippen molar-refractivity contribution in [2.45, 2.75) is 42.0 Å². The van der Waals surface area contributed by atoms with Gasteiger partial charge in [-0.1, -0.05) is 30.3 Å². The number of fused-ring (bicyclic) bond motifs is 1. The summed E-state index contributed by atoms with van der Waals surface area (Å²) in [6, 6.07) is 17.0. The summed E-state index contributed by atoms with van der Waals surface area (Å²) in [5.41, 5.74) is 2.20. The molecule has 5 rings (SSSR count). The number of piperidine rings is 1. The maximum atomic E-state index is 12.9. The highest BCUT2D eigenvalue weighted by atomic mass is 32.2. The average molecular weight is 397 g/mol. The van der Waals surface area contributed by atoms with E-state index in [1.54, 1.807) is 12.1 Å². The summed E-state index contributed by atoms with van der Waals surface area (Å²) in [5.74, 6) is 0.516. The zero-order valence-corrected chi connectivity index (χ0v) is 16.5. The zero-order chi connectivity index (χ0) is 19.4. The Morgan fingerprint density at radius 1 is 1.04 bits per heavy atom. The molecule has 2 unspecified atom stereocenters. The minimum Gasteiger partial charge on any atom is -0.338 e. The van der Waals surface area contributed by atoms with Gasteiger partial charge >= 0.3 is 0 Å². The van der Waals surface area contributed by atoms with E-state index >= 15 is 0 Å². The molecule has 28 heavy (non-hydrogen) atoms. The molecule has 0 aromatic heterocycles. The first-order chi connectivity index (χ1) is 13.5. The average Bonchev–Trinajstić information content (AvgIpc) is 3.63. The summed E-state index contributed by atoms with van der Waals surface area (Å²) in [7, 11) is -3.48. The van der Waals surface area contributed by atoms with Gasteiger partial charge in [-0.25, -0.2) is 13.1 Å². The number of hydrogen-bond donors (Lipinski definition) is 1. The Balaban J connectivity index is 1.26. The second-order valence-electron chi connectivity index (χ2n) is 8.34. The molecule has 2 aliphatic carbocycles. The summed E-state index contributed by atoms with van der Waals surface area (Å²) in [4.78, 5) is 15.1. The molecule has 146 valence electrons. The predicted molar refractivity (Wildman–Crippen MR) is 107 cm³/mol. The van der Waals surface area contributed by atoms with Crippen LogP contribution in [0.4, 0.5) is 0 Å². The van der Waals surface area contributed by atoms with E-state index in [1.165, 1.54) is 17.7 Å². The molecular formula is C22H24N2O3S. The van der Waals surface area contributed by atoms with Crippen LogP contribution in [-0.4, -0.2) is 38.4 Å². The molecule has 1 heterocycles. The number of nitrogens with zero attached hydrogens (tertiary/aromatic N) is 1. The Morgan fingerprint density at radius 2 is 1.75 bits per heavy atom. The van der Waals surface area contributed by atoms with Crippen LogP contribution < -0.4 is 4.72 Å². The van der Waals surface area contributed by atoms with Gasteiger partial charge in [-0.15, -0.1) is 0 Å². The van der Waals surface area contributed by atoms with Crippen LogP contribution >= 0.6 is 0 Å². The maximum absolute atomic E-state index is 12.9. The van der Waals surface area contributed by atoms with Crippen LogP contribution in [0.2, 0.25) is 0 Å². The van der Waals surface area contributed by atoms with Gasteiger partial charge in [-0.05, 0) is 61.4 Å². The third kappa shape index (κ3) is 3.14. The molecule has 1 amide bonds. The highest BCUT2D eigenvalue weighted by molar-refractivity contribution is 7.89. The maximum Gasteiger partial charge on any atom is 0.253 e. The first-order valence-electron chi connectivity index (χ1n) is 9.95. The van der Waals surface area contributed by atoms with Crippen molar-refractivity contribution in [3.05, 3.63) is 65.7 Å². The van der Waals surface area contributed by atoms with Crippen molar-refractivity contribution >= 4 is 15.9 Å². The highest BCUT2D eigenvalue weighted by Crippen LogP contribution is 2.59. The van der Waals surface area contributed by atoms with Crippen molar-refractivity contribution in [2.24, 2.45) is 5.92 Å². The van der Waals surface area contributed by atoms with Crippen molar-refractivity contribution in [1.29, 1.82) is 0 Å². The molecule has 3 aliphatic rings. The monoisotopic (exact) mass is 396 g/mol. The van der Waals surface area contributed by atoms with Crippen molar-refractivity contribution in [3.63, 3.8) is 0 Å². The van der Waals surface area contributed by atoms with Crippen LogP contribution in [0, 0.1) is 5.92 Å². The normalized spacial score (nSPS) is 26.6. The summed E-state index contributed by atoms with van der Waals surface area (Å²) >= 11 is 0. The number of carbonyl (C=O) groups excluding carboxylic acids is 1. The smallest absolute Gasteiger partial charge is 0.253 e. The number of rotatable bonds is 5. The Hall–Kier alpha value is -2.18. The van der Waals surface area contributed by atoms with Gasteiger partial charge in [0.05, 0.1) is 4.90 Å². The van der Waals surface area contributed by atoms with Gasteiger partial charge < -0.3 is 4.90 Å². The molecule has 2 aromatic carbocycles. The van der Waals surface area contributed by atoms with E-state index in [-0.39, 0.29) is 22.3 Å². The Bertz CT molecular complexity index is 1000. The van der Waals surface area contributed by atoms with E-state index in [4.69, 9.17) is 0 Å². The fraction of sp³-hybridized carbons (Fsp3) is 0.409. The molecule has 5 nitrogen and oxygen atoms in total.